The largest absolute Gasteiger partial charge is 0.415 e. The van der Waals surface area contributed by atoms with Crippen molar-refractivity contribution in [2.75, 3.05) is 13.2 Å². The van der Waals surface area contributed by atoms with Crippen LogP contribution in [0.4, 0.5) is 0 Å². The molecule has 0 saturated carbocycles. The highest BCUT2D eigenvalue weighted by atomic mass is 28.4. The van der Waals surface area contributed by atoms with E-state index in [4.69, 9.17) is 26.6 Å². The van der Waals surface area contributed by atoms with Crippen LogP contribution >= 0.6 is 0 Å². The zero-order valence-electron chi connectivity index (χ0n) is 31.4. The fourth-order valence-electron chi connectivity index (χ4n) is 3.81. The first-order valence-corrected chi connectivity index (χ1v) is 35.6. The van der Waals surface area contributed by atoms with E-state index in [1.807, 2.05) is 0 Å². The standard InChI is InChI=1S/C30H74O6Si6/c1-19-37(7,8)31-25-27(33-39(11,12)21-3)29(35-41(15,16)23-5)30(36-42(17,18)24-6)28(34-40(13,14)22-4)26-32-38(9,10)20-2/h27-30H,19-26H2,1-18H3/t27-,28+,29-,30-/m1/s1. The van der Waals surface area contributed by atoms with Gasteiger partial charge in [0.1, 0.15) is 0 Å². The normalized spacial score (nSPS) is 17.3. The SMILES string of the molecule is CC[Si](C)(C)OC[C@H](O[Si](C)(C)CC)[C@@H](O[Si](C)(C)CC)[C@H](O[Si](C)(C)CC)[C@@H](CO[Si](C)(C)CC)O[Si](C)(C)CC. The van der Waals surface area contributed by atoms with Crippen molar-refractivity contribution < 1.29 is 26.6 Å². The minimum absolute atomic E-state index is 0.219. The molecule has 0 fully saturated rings. The van der Waals surface area contributed by atoms with Crippen molar-refractivity contribution >= 4 is 49.9 Å². The van der Waals surface area contributed by atoms with Crippen LogP contribution in [0.25, 0.3) is 0 Å². The lowest BCUT2D eigenvalue weighted by Crippen LogP contribution is -2.61. The summed E-state index contributed by atoms with van der Waals surface area (Å²) < 4.78 is 42.6. The molecule has 0 unspecified atom stereocenters. The van der Waals surface area contributed by atoms with Gasteiger partial charge < -0.3 is 26.6 Å². The van der Waals surface area contributed by atoms with E-state index < -0.39 is 49.9 Å². The average molecular weight is 699 g/mol. The summed E-state index contributed by atoms with van der Waals surface area (Å²) in [6.45, 7) is 42.4. The van der Waals surface area contributed by atoms with Gasteiger partial charge in [0.2, 0.25) is 0 Å². The minimum Gasteiger partial charge on any atom is -0.415 e. The summed E-state index contributed by atoms with van der Waals surface area (Å²) in [4.78, 5) is 0. The lowest BCUT2D eigenvalue weighted by Gasteiger charge is -2.47. The van der Waals surface area contributed by atoms with Crippen LogP contribution in [0.3, 0.4) is 0 Å². The van der Waals surface area contributed by atoms with E-state index in [1.165, 1.54) is 0 Å². The molecule has 4 atom stereocenters. The topological polar surface area (TPSA) is 55.4 Å². The summed E-state index contributed by atoms with van der Waals surface area (Å²) >= 11 is 0. The van der Waals surface area contributed by atoms with Crippen molar-refractivity contribution in [1.82, 2.24) is 0 Å². The van der Waals surface area contributed by atoms with Crippen LogP contribution in [0.5, 0.6) is 0 Å². The van der Waals surface area contributed by atoms with Gasteiger partial charge >= 0.3 is 0 Å². The van der Waals surface area contributed by atoms with Gasteiger partial charge in [-0.05, 0) is 115 Å². The van der Waals surface area contributed by atoms with Gasteiger partial charge in [-0.3, -0.25) is 0 Å². The lowest BCUT2D eigenvalue weighted by atomic mass is 10.0. The van der Waals surface area contributed by atoms with Crippen LogP contribution in [0.15, 0.2) is 0 Å². The summed E-state index contributed by atoms with van der Waals surface area (Å²) in [6, 6.07) is 6.25. The van der Waals surface area contributed by atoms with E-state index in [9.17, 15) is 0 Å². The lowest BCUT2D eigenvalue weighted by molar-refractivity contribution is -0.0971. The number of rotatable bonds is 23. The fourth-order valence-corrected chi connectivity index (χ4v) is 10.2. The Morgan fingerprint density at radius 3 is 0.762 bits per heavy atom. The van der Waals surface area contributed by atoms with Crippen molar-refractivity contribution in [3.63, 3.8) is 0 Å². The molecule has 0 aliphatic heterocycles. The third kappa shape index (κ3) is 16.6. The van der Waals surface area contributed by atoms with Crippen LogP contribution < -0.4 is 0 Å². The Labute approximate surface area is 269 Å². The second-order valence-electron chi connectivity index (χ2n) is 15.8. The van der Waals surface area contributed by atoms with Crippen molar-refractivity contribution in [2.45, 2.75) is 181 Å². The van der Waals surface area contributed by atoms with Gasteiger partial charge in [0.15, 0.2) is 49.9 Å². The summed E-state index contributed by atoms with van der Waals surface area (Å²) in [5, 5.41) is 0. The molecule has 0 amide bonds. The minimum atomic E-state index is -2.05. The highest BCUT2D eigenvalue weighted by molar-refractivity contribution is 6.73. The molecule has 0 rings (SSSR count). The molecule has 0 saturated heterocycles. The Hall–Kier alpha value is 1.06. The molecule has 42 heavy (non-hydrogen) atoms. The van der Waals surface area contributed by atoms with E-state index in [1.54, 1.807) is 0 Å². The Balaban J connectivity index is 7.29. The second-order valence-corrected chi connectivity index (χ2v) is 42.7. The van der Waals surface area contributed by atoms with Crippen LogP contribution in [0.2, 0.25) is 115 Å². The highest BCUT2D eigenvalue weighted by Crippen LogP contribution is 2.32. The Morgan fingerprint density at radius 2 is 0.548 bits per heavy atom. The molecule has 0 spiro atoms. The summed E-state index contributed by atoms with van der Waals surface area (Å²) in [5.74, 6) is 0. The van der Waals surface area contributed by atoms with Crippen molar-refractivity contribution in [3.8, 4) is 0 Å². The Bertz CT molecular complexity index is 701. The molecular formula is C30H74O6Si6. The summed E-state index contributed by atoms with van der Waals surface area (Å²) in [7, 11) is -11.7. The van der Waals surface area contributed by atoms with Crippen LogP contribution in [0, 0.1) is 0 Å². The predicted octanol–water partition coefficient (Wildman–Crippen LogP) is 9.91. The molecule has 0 bridgehead atoms. The van der Waals surface area contributed by atoms with E-state index in [0.29, 0.717) is 13.2 Å². The maximum atomic E-state index is 7.34. The Morgan fingerprint density at radius 1 is 0.333 bits per heavy atom. The molecule has 0 aliphatic carbocycles. The van der Waals surface area contributed by atoms with Gasteiger partial charge in [0.05, 0.1) is 37.6 Å². The molecule has 0 radical (unpaired) electrons. The molecule has 0 aromatic rings. The first-order chi connectivity index (χ1) is 18.9. The molecule has 0 aromatic carbocycles. The van der Waals surface area contributed by atoms with Crippen molar-refractivity contribution in [1.29, 1.82) is 0 Å². The van der Waals surface area contributed by atoms with Gasteiger partial charge in [-0.2, -0.15) is 0 Å². The van der Waals surface area contributed by atoms with E-state index in [0.717, 1.165) is 36.3 Å². The maximum absolute atomic E-state index is 7.34. The van der Waals surface area contributed by atoms with Gasteiger partial charge in [0.25, 0.3) is 0 Å². The molecule has 6 nitrogen and oxygen atoms in total. The molecular weight excluding hydrogens is 625 g/mol. The number of hydrogen-bond donors (Lipinski definition) is 0. The highest BCUT2D eigenvalue weighted by Gasteiger charge is 2.47. The summed E-state index contributed by atoms with van der Waals surface area (Å²) in [5.41, 5.74) is 0. The molecule has 254 valence electrons. The second kappa shape index (κ2) is 17.8. The molecule has 12 heteroatoms. The predicted molar refractivity (Wildman–Crippen MR) is 199 cm³/mol. The van der Waals surface area contributed by atoms with Gasteiger partial charge in [-0.15, -0.1) is 0 Å². The molecule has 0 aromatic heterocycles. The van der Waals surface area contributed by atoms with Crippen LogP contribution in [-0.2, 0) is 26.6 Å². The van der Waals surface area contributed by atoms with E-state index >= 15 is 0 Å². The van der Waals surface area contributed by atoms with E-state index in [2.05, 4.69) is 120 Å². The van der Waals surface area contributed by atoms with E-state index in [-0.39, 0.29) is 24.4 Å². The molecule has 0 aliphatic rings. The van der Waals surface area contributed by atoms with Crippen molar-refractivity contribution in [3.05, 3.63) is 0 Å². The number of hydrogen-bond acceptors (Lipinski definition) is 6. The monoisotopic (exact) mass is 698 g/mol. The first kappa shape index (κ1) is 43.1. The third-order valence-electron chi connectivity index (χ3n) is 9.29. The zero-order chi connectivity index (χ0) is 33.2. The van der Waals surface area contributed by atoms with Crippen molar-refractivity contribution in [2.24, 2.45) is 0 Å². The van der Waals surface area contributed by atoms with Gasteiger partial charge in [0, 0.05) is 0 Å². The van der Waals surface area contributed by atoms with Gasteiger partial charge in [-0.25, -0.2) is 0 Å². The quantitative estimate of drug-likeness (QED) is 0.0991. The fraction of sp³-hybridized carbons (Fsp3) is 1.00. The summed E-state index contributed by atoms with van der Waals surface area (Å²) in [6.07, 6.45) is -1.01. The molecule has 0 heterocycles. The van der Waals surface area contributed by atoms with Crippen LogP contribution in [0.1, 0.15) is 41.5 Å². The molecule has 0 N–H and O–H groups in total. The smallest absolute Gasteiger partial charge is 0.187 e. The third-order valence-corrected chi connectivity index (χ3v) is 25.1. The van der Waals surface area contributed by atoms with Gasteiger partial charge in [-0.1, -0.05) is 41.5 Å². The first-order valence-electron chi connectivity index (χ1n) is 16.9. The maximum Gasteiger partial charge on any atom is 0.187 e. The van der Waals surface area contributed by atoms with Crippen LogP contribution in [-0.4, -0.2) is 87.5 Å². The Kier molecular flexibility index (Phi) is 18.3. The average Bonchev–Trinajstić information content (AvgIpc) is 2.91. The zero-order valence-corrected chi connectivity index (χ0v) is 37.4.